The number of hydrogen-bond acceptors (Lipinski definition) is 4. The Hall–Kier alpha value is -0.160. The second kappa shape index (κ2) is 4.17. The van der Waals surface area contributed by atoms with Gasteiger partial charge in [0.05, 0.1) is 0 Å². The Kier molecular flexibility index (Phi) is 2.70. The molecule has 0 spiro atoms. The van der Waals surface area contributed by atoms with Crippen LogP contribution in [0.1, 0.15) is 0 Å². The third-order valence-corrected chi connectivity index (χ3v) is 5.67. The highest BCUT2D eigenvalue weighted by Gasteiger charge is 2.45. The molecule has 0 aromatic carbocycles. The molecule has 4 heterocycles. The van der Waals surface area contributed by atoms with Crippen LogP contribution in [-0.2, 0) is 0 Å². The first-order valence-corrected chi connectivity index (χ1v) is 7.54. The van der Waals surface area contributed by atoms with Gasteiger partial charge in [0.15, 0.2) is 0 Å². The Morgan fingerprint density at radius 3 is 1.56 bits per heavy atom. The van der Waals surface area contributed by atoms with Crippen molar-refractivity contribution in [3.8, 4) is 0 Å². The second-order valence-corrected chi connectivity index (χ2v) is 7.18. The summed E-state index contributed by atoms with van der Waals surface area (Å²) in [6.07, 6.45) is 0. The van der Waals surface area contributed by atoms with Crippen LogP contribution in [0.5, 0.6) is 0 Å². The fourth-order valence-electron chi connectivity index (χ4n) is 4.48. The molecule has 0 N–H and O–H groups in total. The normalized spacial score (nSPS) is 41.0. The van der Waals surface area contributed by atoms with Gasteiger partial charge in [-0.3, -0.25) is 9.80 Å². The Morgan fingerprint density at radius 1 is 0.556 bits per heavy atom. The van der Waals surface area contributed by atoms with Gasteiger partial charge in [0, 0.05) is 64.4 Å². The highest BCUT2D eigenvalue weighted by molar-refractivity contribution is 5.01. The fourth-order valence-corrected chi connectivity index (χ4v) is 4.48. The lowest BCUT2D eigenvalue weighted by Gasteiger charge is -2.53. The number of fused-ring (bicyclic) bond motifs is 1. The first-order valence-electron chi connectivity index (χ1n) is 7.54. The zero-order valence-corrected chi connectivity index (χ0v) is 11.8. The third-order valence-electron chi connectivity index (χ3n) is 5.67. The zero-order chi connectivity index (χ0) is 12.3. The SMILES string of the molecule is CN1CC2CN(C3CN(C4CN(C)C4)C3)CC2C1. The Labute approximate surface area is 110 Å². The third kappa shape index (κ3) is 1.82. The first kappa shape index (κ1) is 11.6. The van der Waals surface area contributed by atoms with E-state index >= 15 is 0 Å². The lowest BCUT2D eigenvalue weighted by atomic mass is 9.99. The molecule has 102 valence electrons. The van der Waals surface area contributed by atoms with E-state index in [2.05, 4.69) is 33.7 Å². The van der Waals surface area contributed by atoms with Crippen molar-refractivity contribution in [3.05, 3.63) is 0 Å². The van der Waals surface area contributed by atoms with Gasteiger partial charge in [-0.05, 0) is 25.9 Å². The van der Waals surface area contributed by atoms with Gasteiger partial charge in [0.25, 0.3) is 0 Å². The molecule has 2 atom stereocenters. The monoisotopic (exact) mass is 250 g/mol. The first-order chi connectivity index (χ1) is 8.69. The van der Waals surface area contributed by atoms with E-state index in [-0.39, 0.29) is 0 Å². The van der Waals surface area contributed by atoms with E-state index in [9.17, 15) is 0 Å². The standard InChI is InChI=1S/C14H26N4/c1-15-3-11-5-17(6-12(11)4-15)14-9-18(10-14)13-7-16(2)8-13/h11-14H,3-10H2,1-2H3. The molecule has 4 rings (SSSR count). The maximum Gasteiger partial charge on any atom is 0.0351 e. The average Bonchev–Trinajstić information content (AvgIpc) is 2.69. The van der Waals surface area contributed by atoms with Gasteiger partial charge < -0.3 is 9.80 Å². The highest BCUT2D eigenvalue weighted by atomic mass is 15.4. The minimum atomic E-state index is 0.875. The van der Waals surface area contributed by atoms with Crippen LogP contribution in [0.4, 0.5) is 0 Å². The van der Waals surface area contributed by atoms with Crippen molar-refractivity contribution in [2.24, 2.45) is 11.8 Å². The predicted octanol–water partition coefficient (Wildman–Crippen LogP) is -0.522. The molecule has 0 aromatic rings. The van der Waals surface area contributed by atoms with Gasteiger partial charge >= 0.3 is 0 Å². The Morgan fingerprint density at radius 2 is 1.00 bits per heavy atom. The molecule has 0 bridgehead atoms. The van der Waals surface area contributed by atoms with E-state index in [0.29, 0.717) is 0 Å². The maximum atomic E-state index is 2.79. The molecular weight excluding hydrogens is 224 g/mol. The van der Waals surface area contributed by atoms with Crippen molar-refractivity contribution in [3.63, 3.8) is 0 Å². The molecule has 0 aliphatic carbocycles. The number of likely N-dealkylation sites (tertiary alicyclic amines) is 4. The molecule has 4 saturated heterocycles. The Balaban J connectivity index is 1.26. The van der Waals surface area contributed by atoms with Crippen molar-refractivity contribution in [2.75, 3.05) is 66.5 Å². The molecule has 0 amide bonds. The van der Waals surface area contributed by atoms with Crippen molar-refractivity contribution < 1.29 is 0 Å². The maximum absolute atomic E-state index is 2.79. The molecule has 18 heavy (non-hydrogen) atoms. The van der Waals surface area contributed by atoms with Crippen molar-refractivity contribution in [1.29, 1.82) is 0 Å². The van der Waals surface area contributed by atoms with E-state index in [0.717, 1.165) is 23.9 Å². The van der Waals surface area contributed by atoms with Gasteiger partial charge in [-0.25, -0.2) is 0 Å². The summed E-state index contributed by atoms with van der Waals surface area (Å²) in [6.45, 7) is 10.7. The van der Waals surface area contributed by atoms with E-state index < -0.39 is 0 Å². The van der Waals surface area contributed by atoms with Crippen LogP contribution in [0, 0.1) is 11.8 Å². The van der Waals surface area contributed by atoms with Crippen LogP contribution in [0.3, 0.4) is 0 Å². The minimum absolute atomic E-state index is 0.875. The van der Waals surface area contributed by atoms with E-state index in [4.69, 9.17) is 0 Å². The molecule has 4 nitrogen and oxygen atoms in total. The molecule has 4 heteroatoms. The topological polar surface area (TPSA) is 13.0 Å². The second-order valence-electron chi connectivity index (χ2n) is 7.18. The van der Waals surface area contributed by atoms with E-state index in [1.807, 2.05) is 0 Å². The lowest BCUT2D eigenvalue weighted by Crippen LogP contribution is -2.68. The summed E-state index contributed by atoms with van der Waals surface area (Å²) in [5.74, 6) is 1.94. The molecule has 0 radical (unpaired) electrons. The summed E-state index contributed by atoms with van der Waals surface area (Å²) in [6, 6.07) is 1.76. The van der Waals surface area contributed by atoms with Crippen LogP contribution in [0.2, 0.25) is 0 Å². The van der Waals surface area contributed by atoms with Crippen molar-refractivity contribution in [2.45, 2.75) is 12.1 Å². The number of rotatable bonds is 2. The number of nitrogens with zero attached hydrogens (tertiary/aromatic N) is 4. The molecule has 0 saturated carbocycles. The van der Waals surface area contributed by atoms with E-state index in [1.165, 1.54) is 52.4 Å². The molecule has 4 aliphatic rings. The minimum Gasteiger partial charge on any atom is -0.306 e. The highest BCUT2D eigenvalue weighted by Crippen LogP contribution is 2.33. The van der Waals surface area contributed by atoms with Crippen LogP contribution < -0.4 is 0 Å². The van der Waals surface area contributed by atoms with Gasteiger partial charge in [0.2, 0.25) is 0 Å². The van der Waals surface area contributed by atoms with Crippen LogP contribution in [0.15, 0.2) is 0 Å². The Bertz CT molecular complexity index is 308. The molecular formula is C14H26N4. The van der Waals surface area contributed by atoms with Crippen LogP contribution >= 0.6 is 0 Å². The summed E-state index contributed by atoms with van der Waals surface area (Å²) < 4.78 is 0. The van der Waals surface area contributed by atoms with Crippen molar-refractivity contribution in [1.82, 2.24) is 19.6 Å². The van der Waals surface area contributed by atoms with Gasteiger partial charge in [-0.1, -0.05) is 0 Å². The number of hydrogen-bond donors (Lipinski definition) is 0. The molecule has 4 aliphatic heterocycles. The smallest absolute Gasteiger partial charge is 0.0351 e. The quantitative estimate of drug-likeness (QED) is 0.654. The summed E-state index contributed by atoms with van der Waals surface area (Å²) in [5, 5.41) is 0. The van der Waals surface area contributed by atoms with Gasteiger partial charge in [0.1, 0.15) is 0 Å². The molecule has 2 unspecified atom stereocenters. The number of likely N-dealkylation sites (N-methyl/N-ethyl adjacent to an activating group) is 1. The summed E-state index contributed by atoms with van der Waals surface area (Å²) >= 11 is 0. The van der Waals surface area contributed by atoms with Gasteiger partial charge in [-0.2, -0.15) is 0 Å². The van der Waals surface area contributed by atoms with Crippen LogP contribution in [-0.4, -0.2) is 98.1 Å². The van der Waals surface area contributed by atoms with E-state index in [1.54, 1.807) is 0 Å². The summed E-state index contributed by atoms with van der Waals surface area (Å²) in [5.41, 5.74) is 0. The predicted molar refractivity (Wildman–Crippen MR) is 72.7 cm³/mol. The van der Waals surface area contributed by atoms with Crippen LogP contribution in [0.25, 0.3) is 0 Å². The van der Waals surface area contributed by atoms with Crippen molar-refractivity contribution >= 4 is 0 Å². The molecule has 4 fully saturated rings. The summed E-state index contributed by atoms with van der Waals surface area (Å²) in [4.78, 5) is 10.4. The van der Waals surface area contributed by atoms with Gasteiger partial charge in [-0.15, -0.1) is 0 Å². The summed E-state index contributed by atoms with van der Waals surface area (Å²) in [7, 11) is 4.51. The molecule has 0 aromatic heterocycles. The fraction of sp³-hybridized carbons (Fsp3) is 1.00. The average molecular weight is 250 g/mol. The largest absolute Gasteiger partial charge is 0.306 e. The lowest BCUT2D eigenvalue weighted by molar-refractivity contribution is -0.0397. The zero-order valence-electron chi connectivity index (χ0n) is 11.8.